The zero-order valence-electron chi connectivity index (χ0n) is 10.7. The van der Waals surface area contributed by atoms with Crippen LogP contribution in [0.15, 0.2) is 59.8 Å². The van der Waals surface area contributed by atoms with Gasteiger partial charge in [-0.1, -0.05) is 23.8 Å². The molecule has 0 aliphatic rings. The maximum absolute atomic E-state index is 10.4. The predicted octanol–water partition coefficient (Wildman–Crippen LogP) is 0.932. The number of aryl methyl sites for hydroxylation is 1. The quantitative estimate of drug-likeness (QED) is 0.606. The Hall–Kier alpha value is -1.92. The molecule has 0 N–H and O–H groups in total. The van der Waals surface area contributed by atoms with Crippen LogP contribution in [0.5, 0.6) is 0 Å². The molecule has 0 aliphatic heterocycles. The number of benzene rings is 1. The van der Waals surface area contributed by atoms with Gasteiger partial charge < -0.3 is 4.55 Å². The van der Waals surface area contributed by atoms with Crippen molar-refractivity contribution in [1.29, 1.82) is 0 Å². The molecule has 102 valence electrons. The number of nitrogens with zero attached hydrogens (tertiary/aromatic N) is 1. The van der Waals surface area contributed by atoms with Crippen LogP contribution in [0.2, 0.25) is 0 Å². The standard InChI is InChI=1S/C7H8O3S.C6H8NO/c1-6-2-4-7(5-3-6)11(8,9)10;1-8-7-5-3-2-4-6-7/h2-5H,1H3,(H,8,9,10);2-6H,1H3/q;+1/p-1. The molecule has 1 aromatic heterocycles. The van der Waals surface area contributed by atoms with E-state index in [0.717, 1.165) is 5.56 Å². The van der Waals surface area contributed by atoms with Gasteiger partial charge in [0.15, 0.2) is 0 Å². The topological polar surface area (TPSA) is 70.3 Å². The van der Waals surface area contributed by atoms with Gasteiger partial charge in [-0.15, -0.1) is 0 Å². The number of hydrogen-bond donors (Lipinski definition) is 0. The summed E-state index contributed by atoms with van der Waals surface area (Å²) in [7, 11) is -2.64. The van der Waals surface area contributed by atoms with Gasteiger partial charge in [0.1, 0.15) is 17.2 Å². The second-order valence-corrected chi connectivity index (χ2v) is 5.06. The smallest absolute Gasteiger partial charge is 0.222 e. The lowest BCUT2D eigenvalue weighted by molar-refractivity contribution is -0.885. The molecule has 0 bridgehead atoms. The second kappa shape index (κ2) is 6.86. The minimum absolute atomic E-state index is 0.178. The van der Waals surface area contributed by atoms with Crippen molar-refractivity contribution < 1.29 is 22.5 Å². The molecule has 0 atom stereocenters. The van der Waals surface area contributed by atoms with E-state index in [4.69, 9.17) is 4.84 Å². The van der Waals surface area contributed by atoms with Crippen molar-refractivity contribution in [2.24, 2.45) is 0 Å². The van der Waals surface area contributed by atoms with Crippen molar-refractivity contribution in [3.8, 4) is 0 Å². The summed E-state index contributed by atoms with van der Waals surface area (Å²) in [4.78, 5) is 4.65. The summed E-state index contributed by atoms with van der Waals surface area (Å²) in [5.74, 6) is 0. The van der Waals surface area contributed by atoms with Crippen LogP contribution < -0.4 is 9.57 Å². The monoisotopic (exact) mass is 281 g/mol. The van der Waals surface area contributed by atoms with Gasteiger partial charge in [0, 0.05) is 16.9 Å². The molecule has 0 fully saturated rings. The van der Waals surface area contributed by atoms with E-state index in [1.54, 1.807) is 24.0 Å². The zero-order chi connectivity index (χ0) is 14.3. The fourth-order valence-corrected chi connectivity index (χ4v) is 1.68. The van der Waals surface area contributed by atoms with Gasteiger partial charge in [-0.3, -0.25) is 4.84 Å². The first-order chi connectivity index (χ1) is 8.93. The third-order valence-corrected chi connectivity index (χ3v) is 3.06. The normalized spacial score (nSPS) is 10.3. The minimum atomic E-state index is -4.27. The van der Waals surface area contributed by atoms with E-state index < -0.39 is 10.1 Å². The molecule has 19 heavy (non-hydrogen) atoms. The highest BCUT2D eigenvalue weighted by molar-refractivity contribution is 7.85. The van der Waals surface area contributed by atoms with E-state index in [-0.39, 0.29) is 4.90 Å². The van der Waals surface area contributed by atoms with Crippen molar-refractivity contribution in [2.45, 2.75) is 11.8 Å². The molecule has 0 saturated heterocycles. The first kappa shape index (κ1) is 15.1. The van der Waals surface area contributed by atoms with Crippen LogP contribution >= 0.6 is 0 Å². The number of aromatic nitrogens is 1. The Labute approximate surface area is 112 Å². The lowest BCUT2D eigenvalue weighted by atomic mass is 10.2. The molecular weight excluding hydrogens is 266 g/mol. The maximum atomic E-state index is 10.4. The molecule has 2 aromatic rings. The Morgan fingerprint density at radius 2 is 1.58 bits per heavy atom. The molecule has 0 radical (unpaired) electrons. The Balaban J connectivity index is 0.000000200. The lowest BCUT2D eigenvalue weighted by Gasteiger charge is -2.05. The summed E-state index contributed by atoms with van der Waals surface area (Å²) in [6.45, 7) is 1.82. The van der Waals surface area contributed by atoms with E-state index in [1.165, 1.54) is 12.1 Å². The van der Waals surface area contributed by atoms with E-state index in [2.05, 4.69) is 0 Å². The fourth-order valence-electron chi connectivity index (χ4n) is 1.21. The highest BCUT2D eigenvalue weighted by Gasteiger charge is 1.97. The van der Waals surface area contributed by atoms with Crippen LogP contribution in [0, 0.1) is 6.92 Å². The molecule has 5 nitrogen and oxygen atoms in total. The van der Waals surface area contributed by atoms with Gasteiger partial charge >= 0.3 is 0 Å². The maximum Gasteiger partial charge on any atom is 0.222 e. The molecule has 2 rings (SSSR count). The SMILES string of the molecule is CO[n+]1ccccc1.Cc1ccc(S(=O)(=O)[O-])cc1. The molecule has 1 aromatic carbocycles. The van der Waals surface area contributed by atoms with E-state index in [9.17, 15) is 13.0 Å². The summed E-state index contributed by atoms with van der Waals surface area (Å²) in [5, 5.41) is 0. The summed E-state index contributed by atoms with van der Waals surface area (Å²) in [6.07, 6.45) is 3.67. The van der Waals surface area contributed by atoms with Crippen LogP contribution in [0.1, 0.15) is 5.56 Å². The van der Waals surface area contributed by atoms with Crippen molar-refractivity contribution >= 4 is 10.1 Å². The molecule has 1 heterocycles. The highest BCUT2D eigenvalue weighted by atomic mass is 32.2. The lowest BCUT2D eigenvalue weighted by Crippen LogP contribution is -2.38. The van der Waals surface area contributed by atoms with Crippen molar-refractivity contribution in [3.63, 3.8) is 0 Å². The molecule has 0 amide bonds. The fraction of sp³-hybridized carbons (Fsp3) is 0.154. The number of rotatable bonds is 2. The van der Waals surface area contributed by atoms with Gasteiger partial charge in [-0.05, 0) is 19.1 Å². The minimum Gasteiger partial charge on any atom is -0.744 e. The first-order valence-electron chi connectivity index (χ1n) is 5.47. The zero-order valence-corrected chi connectivity index (χ0v) is 11.5. The van der Waals surface area contributed by atoms with Crippen LogP contribution in [0.25, 0.3) is 0 Å². The molecule has 0 aliphatic carbocycles. The van der Waals surface area contributed by atoms with E-state index >= 15 is 0 Å². The van der Waals surface area contributed by atoms with Gasteiger partial charge in [-0.25, -0.2) is 8.42 Å². The molecule has 0 saturated carbocycles. The Morgan fingerprint density at radius 1 is 1.05 bits per heavy atom. The number of pyridine rings is 1. The van der Waals surface area contributed by atoms with Crippen LogP contribution in [0.4, 0.5) is 0 Å². The summed E-state index contributed by atoms with van der Waals surface area (Å²) >= 11 is 0. The Kier molecular flexibility index (Phi) is 5.47. The van der Waals surface area contributed by atoms with Crippen LogP contribution in [-0.4, -0.2) is 20.1 Å². The predicted molar refractivity (Wildman–Crippen MR) is 68.3 cm³/mol. The van der Waals surface area contributed by atoms with Gasteiger partial charge in [0.2, 0.25) is 12.4 Å². The van der Waals surface area contributed by atoms with Crippen molar-refractivity contribution in [1.82, 2.24) is 0 Å². The summed E-state index contributed by atoms with van der Waals surface area (Å²) in [5.41, 5.74) is 0.928. The molecule has 6 heteroatoms. The summed E-state index contributed by atoms with van der Waals surface area (Å²) < 4.78 is 32.8. The average Bonchev–Trinajstić information content (AvgIpc) is 2.40. The third kappa shape index (κ3) is 5.50. The first-order valence-corrected chi connectivity index (χ1v) is 6.87. The van der Waals surface area contributed by atoms with Crippen LogP contribution in [-0.2, 0) is 10.1 Å². The van der Waals surface area contributed by atoms with Crippen LogP contribution in [0.3, 0.4) is 0 Å². The van der Waals surface area contributed by atoms with Gasteiger partial charge in [-0.2, -0.15) is 0 Å². The van der Waals surface area contributed by atoms with E-state index in [1.807, 2.05) is 37.5 Å². The molecular formula is C13H15NO4S. The molecule has 0 spiro atoms. The molecule has 0 unspecified atom stereocenters. The van der Waals surface area contributed by atoms with E-state index in [0.29, 0.717) is 0 Å². The van der Waals surface area contributed by atoms with Gasteiger partial charge in [0.25, 0.3) is 0 Å². The highest BCUT2D eigenvalue weighted by Crippen LogP contribution is 2.08. The van der Waals surface area contributed by atoms with Crippen molar-refractivity contribution in [2.75, 3.05) is 7.11 Å². The van der Waals surface area contributed by atoms with Gasteiger partial charge in [0.05, 0.1) is 4.90 Å². The summed E-state index contributed by atoms with van der Waals surface area (Å²) in [6, 6.07) is 11.5. The number of hydrogen-bond acceptors (Lipinski definition) is 4. The largest absolute Gasteiger partial charge is 0.744 e. The Morgan fingerprint density at radius 3 is 1.95 bits per heavy atom. The average molecular weight is 281 g/mol. The second-order valence-electron chi connectivity index (χ2n) is 3.69. The third-order valence-electron chi connectivity index (χ3n) is 2.21. The Bertz CT molecular complexity index is 594. The van der Waals surface area contributed by atoms with Crippen molar-refractivity contribution in [3.05, 3.63) is 60.4 Å².